The van der Waals surface area contributed by atoms with Crippen molar-refractivity contribution in [2.45, 2.75) is 11.3 Å². The molecule has 2 rings (SSSR count). The van der Waals surface area contributed by atoms with Gasteiger partial charge in [-0.15, -0.1) is 0 Å². The molecule has 0 bridgehead atoms. The fraction of sp³-hybridized carbons (Fsp3) is 0.312. The van der Waals surface area contributed by atoms with Crippen molar-refractivity contribution in [3.05, 3.63) is 46.8 Å². The van der Waals surface area contributed by atoms with Crippen LogP contribution in [0.25, 0.3) is 0 Å². The molecule has 136 valence electrons. The number of anilines is 1. The second kappa shape index (κ2) is 8.59. The predicted molar refractivity (Wildman–Crippen MR) is 97.8 cm³/mol. The van der Waals surface area contributed by atoms with Crippen LogP contribution in [-0.2, 0) is 10.0 Å². The van der Waals surface area contributed by atoms with Crippen molar-refractivity contribution in [3.63, 3.8) is 0 Å². The van der Waals surface area contributed by atoms with E-state index < -0.39 is 15.8 Å². The maximum absolute atomic E-state index is 13.0. The van der Waals surface area contributed by atoms with Gasteiger partial charge in [-0.05, 0) is 66.8 Å². The van der Waals surface area contributed by atoms with Gasteiger partial charge in [-0.3, -0.25) is 4.72 Å². The monoisotopic (exact) mass is 431 g/mol. The number of halogens is 2. The lowest BCUT2D eigenvalue weighted by molar-refractivity contribution is 0.274. The molecular weight excluding hydrogens is 413 g/mol. The van der Waals surface area contributed by atoms with E-state index in [-0.39, 0.29) is 16.5 Å². The Kier molecular flexibility index (Phi) is 6.74. The second-order valence-corrected chi connectivity index (χ2v) is 8.17. The number of pyridine rings is 1. The standard InChI is InChI=1S/C16H19BrFN3O3S/c1-21(2)8-3-9-24-16-15(10-12(17)11-19-16)20-25(22,23)14-6-4-13(18)5-7-14/h4-7,10-11,20H,3,8-9H2,1-2H3. The number of nitrogens with one attached hydrogen (secondary N) is 1. The second-order valence-electron chi connectivity index (χ2n) is 5.57. The Labute approximate surface area is 155 Å². The molecule has 0 radical (unpaired) electrons. The third-order valence-electron chi connectivity index (χ3n) is 3.17. The average Bonchev–Trinajstić information content (AvgIpc) is 2.53. The number of aromatic nitrogens is 1. The third kappa shape index (κ3) is 5.94. The summed E-state index contributed by atoms with van der Waals surface area (Å²) in [5, 5.41) is 0. The molecule has 1 heterocycles. The minimum atomic E-state index is -3.88. The number of hydrogen-bond donors (Lipinski definition) is 1. The van der Waals surface area contributed by atoms with Crippen LogP contribution in [-0.4, -0.2) is 45.5 Å². The molecule has 0 spiro atoms. The van der Waals surface area contributed by atoms with Crippen LogP contribution in [0.3, 0.4) is 0 Å². The van der Waals surface area contributed by atoms with Gasteiger partial charge >= 0.3 is 0 Å². The normalized spacial score (nSPS) is 11.6. The van der Waals surface area contributed by atoms with Crippen LogP contribution in [0.4, 0.5) is 10.1 Å². The molecule has 9 heteroatoms. The molecule has 0 aliphatic rings. The van der Waals surface area contributed by atoms with Crippen molar-refractivity contribution >= 4 is 31.6 Å². The maximum Gasteiger partial charge on any atom is 0.262 e. The average molecular weight is 432 g/mol. The van der Waals surface area contributed by atoms with E-state index in [9.17, 15) is 12.8 Å². The zero-order valence-corrected chi connectivity index (χ0v) is 16.3. The summed E-state index contributed by atoms with van der Waals surface area (Å²) in [7, 11) is 0.0378. The Morgan fingerprint density at radius 3 is 2.60 bits per heavy atom. The first-order chi connectivity index (χ1) is 11.8. The van der Waals surface area contributed by atoms with Crippen molar-refractivity contribution in [2.75, 3.05) is 32.0 Å². The van der Waals surface area contributed by atoms with E-state index >= 15 is 0 Å². The largest absolute Gasteiger partial charge is 0.476 e. The Hall–Kier alpha value is -1.71. The van der Waals surface area contributed by atoms with E-state index in [2.05, 4.69) is 25.6 Å². The van der Waals surface area contributed by atoms with E-state index in [1.165, 1.54) is 18.3 Å². The highest BCUT2D eigenvalue weighted by Gasteiger charge is 2.18. The lowest BCUT2D eigenvalue weighted by Gasteiger charge is -2.14. The summed E-state index contributed by atoms with van der Waals surface area (Å²) in [6.07, 6.45) is 2.30. The summed E-state index contributed by atoms with van der Waals surface area (Å²) in [5.74, 6) is -0.319. The van der Waals surface area contributed by atoms with Crippen molar-refractivity contribution < 1.29 is 17.5 Å². The van der Waals surface area contributed by atoms with Crippen molar-refractivity contribution in [1.82, 2.24) is 9.88 Å². The quantitative estimate of drug-likeness (QED) is 0.650. The molecular formula is C16H19BrFN3O3S. The number of sulfonamides is 1. The molecule has 0 fully saturated rings. The molecule has 0 unspecified atom stereocenters. The predicted octanol–water partition coefficient (Wildman–Crippen LogP) is 3.11. The fourth-order valence-electron chi connectivity index (χ4n) is 1.98. The van der Waals surface area contributed by atoms with Crippen molar-refractivity contribution in [3.8, 4) is 5.88 Å². The summed E-state index contributed by atoms with van der Waals surface area (Å²) in [6, 6.07) is 6.13. The minimum Gasteiger partial charge on any atom is -0.476 e. The highest BCUT2D eigenvalue weighted by atomic mass is 79.9. The zero-order valence-electron chi connectivity index (χ0n) is 13.9. The molecule has 0 atom stereocenters. The summed E-state index contributed by atoms with van der Waals surface area (Å²) in [4.78, 5) is 6.09. The molecule has 0 amide bonds. The zero-order chi connectivity index (χ0) is 18.4. The molecule has 0 aliphatic carbocycles. The van der Waals surface area contributed by atoms with Crippen molar-refractivity contribution in [1.29, 1.82) is 0 Å². The van der Waals surface area contributed by atoms with Gasteiger partial charge in [0, 0.05) is 17.2 Å². The van der Waals surface area contributed by atoms with Crippen molar-refractivity contribution in [2.24, 2.45) is 0 Å². The summed E-state index contributed by atoms with van der Waals surface area (Å²) in [6.45, 7) is 1.24. The van der Waals surface area contributed by atoms with Crippen LogP contribution in [0.15, 0.2) is 45.9 Å². The van der Waals surface area contributed by atoms with Gasteiger partial charge in [0.15, 0.2) is 0 Å². The van der Waals surface area contributed by atoms with Gasteiger partial charge < -0.3 is 9.64 Å². The topological polar surface area (TPSA) is 71.5 Å². The Bertz CT molecular complexity index is 814. The molecule has 6 nitrogen and oxygen atoms in total. The highest BCUT2D eigenvalue weighted by molar-refractivity contribution is 9.10. The molecule has 1 aromatic carbocycles. The van der Waals surface area contributed by atoms with Crippen LogP contribution < -0.4 is 9.46 Å². The Morgan fingerprint density at radius 1 is 1.28 bits per heavy atom. The highest BCUT2D eigenvalue weighted by Crippen LogP contribution is 2.28. The smallest absolute Gasteiger partial charge is 0.262 e. The number of hydrogen-bond acceptors (Lipinski definition) is 5. The van der Waals surface area contributed by atoms with Crippen LogP contribution in [0, 0.1) is 5.82 Å². The van der Waals surface area contributed by atoms with Crippen LogP contribution in [0.5, 0.6) is 5.88 Å². The molecule has 0 saturated heterocycles. The van der Waals surface area contributed by atoms with Gasteiger partial charge in [-0.25, -0.2) is 17.8 Å². The summed E-state index contributed by atoms with van der Waals surface area (Å²) < 4.78 is 46.5. The van der Waals surface area contributed by atoms with E-state index in [4.69, 9.17) is 4.74 Å². The Balaban J connectivity index is 2.17. The van der Waals surface area contributed by atoms with E-state index in [0.717, 1.165) is 25.1 Å². The summed E-state index contributed by atoms with van der Waals surface area (Å²) >= 11 is 3.26. The summed E-state index contributed by atoms with van der Waals surface area (Å²) in [5.41, 5.74) is 0.212. The van der Waals surface area contributed by atoms with Crippen LogP contribution >= 0.6 is 15.9 Å². The molecule has 1 aromatic heterocycles. The first-order valence-electron chi connectivity index (χ1n) is 7.49. The number of rotatable bonds is 8. The molecule has 25 heavy (non-hydrogen) atoms. The van der Waals surface area contributed by atoms with Gasteiger partial charge in [0.25, 0.3) is 10.0 Å². The first-order valence-corrected chi connectivity index (χ1v) is 9.77. The van der Waals surface area contributed by atoms with Gasteiger partial charge in [0.05, 0.1) is 11.5 Å². The number of ether oxygens (including phenoxy) is 1. The van der Waals surface area contributed by atoms with Gasteiger partial charge in [-0.2, -0.15) is 0 Å². The van der Waals surface area contributed by atoms with E-state index in [1.807, 2.05) is 19.0 Å². The molecule has 2 aromatic rings. The SMILES string of the molecule is CN(C)CCCOc1ncc(Br)cc1NS(=O)(=O)c1ccc(F)cc1. The first kappa shape index (κ1) is 19.6. The Morgan fingerprint density at radius 2 is 1.96 bits per heavy atom. The maximum atomic E-state index is 13.0. The van der Waals surface area contributed by atoms with Crippen LogP contribution in [0.1, 0.15) is 6.42 Å². The van der Waals surface area contributed by atoms with E-state index in [1.54, 1.807) is 6.07 Å². The lowest BCUT2D eigenvalue weighted by Crippen LogP contribution is -2.17. The van der Waals surface area contributed by atoms with Crippen LogP contribution in [0.2, 0.25) is 0 Å². The van der Waals surface area contributed by atoms with Gasteiger partial charge in [0.2, 0.25) is 5.88 Å². The lowest BCUT2D eigenvalue weighted by atomic mass is 10.4. The molecule has 0 saturated carbocycles. The molecule has 0 aliphatic heterocycles. The number of benzene rings is 1. The van der Waals surface area contributed by atoms with Gasteiger partial charge in [-0.1, -0.05) is 0 Å². The minimum absolute atomic E-state index is 0.0487. The number of nitrogens with zero attached hydrogens (tertiary/aromatic N) is 2. The third-order valence-corrected chi connectivity index (χ3v) is 4.99. The fourth-order valence-corrected chi connectivity index (χ4v) is 3.36. The molecule has 1 N–H and O–H groups in total. The van der Waals surface area contributed by atoms with Gasteiger partial charge in [0.1, 0.15) is 11.5 Å². The van der Waals surface area contributed by atoms with E-state index in [0.29, 0.717) is 11.1 Å².